The molecule has 0 N–H and O–H groups in total. The van der Waals surface area contributed by atoms with E-state index in [2.05, 4.69) is 72.9 Å². The maximum atomic E-state index is 3.48. The van der Waals surface area contributed by atoms with E-state index in [1.54, 1.807) is 0 Å². The fourth-order valence-electron chi connectivity index (χ4n) is 1.38. The van der Waals surface area contributed by atoms with E-state index in [1.807, 2.05) is 0 Å². The first-order valence-electron chi connectivity index (χ1n) is 5.47. The second kappa shape index (κ2) is 4.56. The minimum atomic E-state index is -1.04. The summed E-state index contributed by atoms with van der Waals surface area (Å²) in [7, 11) is -1.99. The summed E-state index contributed by atoms with van der Waals surface area (Å²) in [4.78, 5) is 0. The number of benzene rings is 1. The van der Waals surface area contributed by atoms with E-state index in [0.717, 1.165) is 0 Å². The summed E-state index contributed by atoms with van der Waals surface area (Å²) in [5.41, 5.74) is 1.51. The fourth-order valence-corrected chi connectivity index (χ4v) is 5.63. The summed E-state index contributed by atoms with van der Waals surface area (Å²) < 4.78 is 1.18. The molecule has 0 atom stereocenters. The zero-order valence-corrected chi connectivity index (χ0v) is 14.0. The predicted molar refractivity (Wildman–Crippen MR) is 78.7 cm³/mol. The van der Waals surface area contributed by atoms with Gasteiger partial charge in [-0.1, -0.05) is 66.4 Å². The Bertz CT molecular complexity index is 322. The van der Waals surface area contributed by atoms with Crippen molar-refractivity contribution in [1.29, 1.82) is 0 Å². The SMILES string of the molecule is C[Si](C)(C)[Si](C)(C)Cc1ccc(Br)cc1. The van der Waals surface area contributed by atoms with Crippen molar-refractivity contribution in [2.75, 3.05) is 0 Å². The van der Waals surface area contributed by atoms with Gasteiger partial charge in [0, 0.05) is 19.7 Å². The molecule has 0 fully saturated rings. The Morgan fingerprint density at radius 2 is 1.40 bits per heavy atom. The Labute approximate surface area is 104 Å². The Hall–Kier alpha value is 0.134. The van der Waals surface area contributed by atoms with E-state index in [-0.39, 0.29) is 0 Å². The van der Waals surface area contributed by atoms with Crippen LogP contribution in [0.3, 0.4) is 0 Å². The Morgan fingerprint density at radius 1 is 0.933 bits per heavy atom. The molecule has 0 aromatic heterocycles. The Balaban J connectivity index is 2.82. The Morgan fingerprint density at radius 3 is 1.80 bits per heavy atom. The van der Waals surface area contributed by atoms with Crippen LogP contribution in [-0.2, 0) is 6.04 Å². The summed E-state index contributed by atoms with van der Waals surface area (Å²) in [5.74, 6) is 0. The van der Waals surface area contributed by atoms with Gasteiger partial charge in [0.25, 0.3) is 0 Å². The molecule has 84 valence electrons. The van der Waals surface area contributed by atoms with Crippen LogP contribution in [0.1, 0.15) is 5.56 Å². The summed E-state index contributed by atoms with van der Waals surface area (Å²) in [5, 5.41) is 0. The minimum absolute atomic E-state index is 0.954. The smallest absolute Gasteiger partial charge is 0.0454 e. The molecule has 3 heteroatoms. The summed E-state index contributed by atoms with van der Waals surface area (Å²) in [6, 6.07) is 10.2. The van der Waals surface area contributed by atoms with Crippen molar-refractivity contribution >= 4 is 31.1 Å². The van der Waals surface area contributed by atoms with Crippen LogP contribution < -0.4 is 0 Å². The van der Waals surface area contributed by atoms with E-state index in [9.17, 15) is 0 Å². The van der Waals surface area contributed by atoms with Gasteiger partial charge in [-0.25, -0.2) is 0 Å². The first kappa shape index (κ1) is 13.2. The normalized spacial score (nSPS) is 12.9. The van der Waals surface area contributed by atoms with Crippen LogP contribution in [0.2, 0.25) is 32.7 Å². The lowest BCUT2D eigenvalue weighted by molar-refractivity contribution is 1.32. The quantitative estimate of drug-likeness (QED) is 0.713. The first-order chi connectivity index (χ1) is 6.72. The maximum absolute atomic E-state index is 3.48. The van der Waals surface area contributed by atoms with Crippen molar-refractivity contribution in [1.82, 2.24) is 0 Å². The number of hydrogen-bond donors (Lipinski definition) is 0. The van der Waals surface area contributed by atoms with E-state index in [4.69, 9.17) is 0 Å². The van der Waals surface area contributed by atoms with Crippen molar-refractivity contribution < 1.29 is 0 Å². The monoisotopic (exact) mass is 300 g/mol. The predicted octanol–water partition coefficient (Wildman–Crippen LogP) is 4.66. The van der Waals surface area contributed by atoms with Gasteiger partial charge < -0.3 is 0 Å². The van der Waals surface area contributed by atoms with Gasteiger partial charge in [0.05, 0.1) is 0 Å². The van der Waals surface area contributed by atoms with E-state index >= 15 is 0 Å². The van der Waals surface area contributed by atoms with Crippen LogP contribution >= 0.6 is 15.9 Å². The average molecular weight is 301 g/mol. The first-order valence-corrected chi connectivity index (χ1v) is 14.0. The second-order valence-corrected chi connectivity index (χ2v) is 24.0. The molecule has 0 radical (unpaired) electrons. The van der Waals surface area contributed by atoms with Crippen LogP contribution in [0.15, 0.2) is 28.7 Å². The van der Waals surface area contributed by atoms with Gasteiger partial charge in [0.2, 0.25) is 0 Å². The average Bonchev–Trinajstić information content (AvgIpc) is 2.06. The summed E-state index contributed by atoms with van der Waals surface area (Å²) in [6.45, 7) is 12.6. The van der Waals surface area contributed by atoms with Crippen LogP contribution in [0, 0.1) is 0 Å². The highest BCUT2D eigenvalue weighted by molar-refractivity contribution is 9.10. The largest absolute Gasteiger partial charge is 0.0715 e. The van der Waals surface area contributed by atoms with Crippen molar-refractivity contribution in [3.05, 3.63) is 34.3 Å². The fraction of sp³-hybridized carbons (Fsp3) is 0.500. The van der Waals surface area contributed by atoms with Gasteiger partial charge in [-0.05, 0) is 18.2 Å². The third-order valence-electron chi connectivity index (χ3n) is 3.59. The zero-order valence-electron chi connectivity index (χ0n) is 10.4. The minimum Gasteiger partial charge on any atom is -0.0715 e. The standard InChI is InChI=1S/C12H21BrSi2/c1-14(2,3)15(4,5)10-11-6-8-12(13)9-7-11/h6-9H,10H2,1-5H3. The van der Waals surface area contributed by atoms with Gasteiger partial charge in [-0.3, -0.25) is 0 Å². The lowest BCUT2D eigenvalue weighted by atomic mass is 10.2. The molecule has 1 aromatic rings. The molecular formula is C12H21BrSi2. The topological polar surface area (TPSA) is 0 Å². The third-order valence-corrected chi connectivity index (χ3v) is 22.2. The number of halogens is 1. The second-order valence-electron chi connectivity index (χ2n) is 5.94. The van der Waals surface area contributed by atoms with Crippen LogP contribution in [0.5, 0.6) is 0 Å². The van der Waals surface area contributed by atoms with Crippen LogP contribution in [-0.4, -0.2) is 15.2 Å². The molecule has 0 aliphatic carbocycles. The third kappa shape index (κ3) is 3.57. The molecule has 0 saturated heterocycles. The highest BCUT2D eigenvalue weighted by Gasteiger charge is 2.36. The van der Waals surface area contributed by atoms with Gasteiger partial charge in [0.15, 0.2) is 0 Å². The molecule has 0 unspecified atom stereocenters. The molecule has 0 spiro atoms. The molecule has 0 bridgehead atoms. The highest BCUT2D eigenvalue weighted by atomic mass is 79.9. The molecule has 0 aliphatic rings. The molecule has 0 saturated carbocycles. The number of rotatable bonds is 3. The summed E-state index contributed by atoms with van der Waals surface area (Å²) in [6.07, 6.45) is 0. The lowest BCUT2D eigenvalue weighted by Crippen LogP contribution is -2.54. The highest BCUT2D eigenvalue weighted by Crippen LogP contribution is 2.23. The van der Waals surface area contributed by atoms with E-state index < -0.39 is 15.2 Å². The zero-order chi connectivity index (χ0) is 11.7. The molecule has 0 aliphatic heterocycles. The van der Waals surface area contributed by atoms with Gasteiger partial charge >= 0.3 is 0 Å². The van der Waals surface area contributed by atoms with Gasteiger partial charge in [0.1, 0.15) is 0 Å². The maximum Gasteiger partial charge on any atom is 0.0454 e. The Kier molecular flexibility index (Phi) is 4.01. The van der Waals surface area contributed by atoms with Crippen molar-refractivity contribution in [2.45, 2.75) is 38.8 Å². The van der Waals surface area contributed by atoms with Gasteiger partial charge in [-0.15, -0.1) is 0 Å². The van der Waals surface area contributed by atoms with Crippen molar-refractivity contribution in [3.8, 4) is 0 Å². The van der Waals surface area contributed by atoms with Crippen molar-refractivity contribution in [3.63, 3.8) is 0 Å². The molecule has 0 amide bonds. The summed E-state index contributed by atoms with van der Waals surface area (Å²) >= 11 is 3.48. The molecule has 15 heavy (non-hydrogen) atoms. The lowest BCUT2D eigenvalue weighted by Gasteiger charge is -2.35. The molecule has 1 rings (SSSR count). The van der Waals surface area contributed by atoms with Gasteiger partial charge in [-0.2, -0.15) is 0 Å². The van der Waals surface area contributed by atoms with Crippen LogP contribution in [0.4, 0.5) is 0 Å². The molecule has 0 heterocycles. The molecule has 1 aromatic carbocycles. The van der Waals surface area contributed by atoms with Crippen molar-refractivity contribution in [2.24, 2.45) is 0 Å². The number of hydrogen-bond acceptors (Lipinski definition) is 0. The van der Waals surface area contributed by atoms with E-state index in [0.29, 0.717) is 0 Å². The molecular weight excluding hydrogens is 280 g/mol. The molecule has 0 nitrogen and oxygen atoms in total. The van der Waals surface area contributed by atoms with E-state index in [1.165, 1.54) is 16.1 Å². The van der Waals surface area contributed by atoms with Crippen LogP contribution in [0.25, 0.3) is 0 Å².